The van der Waals surface area contributed by atoms with Gasteiger partial charge in [-0.25, -0.2) is 0 Å². The monoisotopic (exact) mass is 530 g/mol. The number of fused-ring (bicyclic) bond motifs is 17. The van der Waals surface area contributed by atoms with Gasteiger partial charge in [-0.3, -0.25) is 0 Å². The van der Waals surface area contributed by atoms with Gasteiger partial charge in [-0.05, 0) is 101 Å². The molecule has 0 unspecified atom stereocenters. The van der Waals surface area contributed by atoms with Crippen molar-refractivity contribution < 1.29 is 0 Å². The molecule has 10 rings (SSSR count). The molecule has 0 saturated carbocycles. The average Bonchev–Trinajstić information content (AvgIpc) is 3.69. The SMILES string of the molecule is c1ccc(-c2ccc3c(c2)-c2c(c4c(c5ccccc25)-c2ccccc2C42c4ccccc4-c4ccccc42)C3)cc1. The van der Waals surface area contributed by atoms with E-state index in [4.69, 9.17) is 0 Å². The van der Waals surface area contributed by atoms with Gasteiger partial charge in [-0.2, -0.15) is 0 Å². The second-order valence-electron chi connectivity index (χ2n) is 12.0. The van der Waals surface area contributed by atoms with Crippen LogP contribution in [0.5, 0.6) is 0 Å². The molecule has 194 valence electrons. The summed E-state index contributed by atoms with van der Waals surface area (Å²) in [7, 11) is 0. The summed E-state index contributed by atoms with van der Waals surface area (Å²) in [4.78, 5) is 0. The van der Waals surface area contributed by atoms with Crippen LogP contribution in [0.4, 0.5) is 0 Å². The van der Waals surface area contributed by atoms with Gasteiger partial charge in [0.25, 0.3) is 0 Å². The zero-order valence-electron chi connectivity index (χ0n) is 23.1. The lowest BCUT2D eigenvalue weighted by Gasteiger charge is -2.32. The van der Waals surface area contributed by atoms with Crippen molar-refractivity contribution in [2.24, 2.45) is 0 Å². The summed E-state index contributed by atoms with van der Waals surface area (Å²) in [5, 5.41) is 2.72. The highest BCUT2D eigenvalue weighted by atomic mass is 14.5. The van der Waals surface area contributed by atoms with Crippen LogP contribution >= 0.6 is 0 Å². The van der Waals surface area contributed by atoms with E-state index in [2.05, 4.69) is 146 Å². The fourth-order valence-electron chi connectivity index (χ4n) is 8.59. The molecule has 0 N–H and O–H groups in total. The Morgan fingerprint density at radius 3 is 1.64 bits per heavy atom. The van der Waals surface area contributed by atoms with Gasteiger partial charge in [-0.1, -0.05) is 140 Å². The number of rotatable bonds is 1. The Hall–Kier alpha value is -5.20. The minimum Gasteiger partial charge on any atom is -0.0622 e. The third-order valence-corrected chi connectivity index (χ3v) is 10.1. The summed E-state index contributed by atoms with van der Waals surface area (Å²) >= 11 is 0. The Kier molecular flexibility index (Phi) is 4.26. The maximum atomic E-state index is 2.45. The van der Waals surface area contributed by atoms with Gasteiger partial charge in [0.1, 0.15) is 0 Å². The Morgan fingerprint density at radius 1 is 0.405 bits per heavy atom. The third kappa shape index (κ3) is 2.59. The Balaban J connectivity index is 1.39. The normalized spacial score (nSPS) is 14.3. The van der Waals surface area contributed by atoms with E-state index in [1.807, 2.05) is 0 Å². The second-order valence-corrected chi connectivity index (χ2v) is 12.0. The molecule has 0 fully saturated rings. The van der Waals surface area contributed by atoms with Crippen LogP contribution in [0.25, 0.3) is 55.3 Å². The average molecular weight is 531 g/mol. The van der Waals surface area contributed by atoms with Crippen molar-refractivity contribution in [3.8, 4) is 44.5 Å². The van der Waals surface area contributed by atoms with Crippen molar-refractivity contribution in [3.05, 3.63) is 179 Å². The lowest BCUT2D eigenvalue weighted by Crippen LogP contribution is -2.27. The molecule has 7 aromatic rings. The zero-order chi connectivity index (χ0) is 27.4. The molecule has 0 saturated heterocycles. The molecule has 0 aromatic heterocycles. The highest BCUT2D eigenvalue weighted by Gasteiger charge is 2.54. The van der Waals surface area contributed by atoms with Crippen LogP contribution in [-0.2, 0) is 11.8 Å². The van der Waals surface area contributed by atoms with Crippen molar-refractivity contribution in [2.75, 3.05) is 0 Å². The summed E-state index contributed by atoms with van der Waals surface area (Å²) in [5.74, 6) is 0. The van der Waals surface area contributed by atoms with E-state index in [1.165, 1.54) is 88.7 Å². The van der Waals surface area contributed by atoms with Crippen LogP contribution in [0.3, 0.4) is 0 Å². The first-order valence-electron chi connectivity index (χ1n) is 14.9. The number of hydrogen-bond acceptors (Lipinski definition) is 0. The number of hydrogen-bond donors (Lipinski definition) is 0. The van der Waals surface area contributed by atoms with Crippen molar-refractivity contribution in [1.29, 1.82) is 0 Å². The Bertz CT molecular complexity index is 2220. The van der Waals surface area contributed by atoms with E-state index in [1.54, 1.807) is 0 Å². The molecular weight excluding hydrogens is 504 g/mol. The maximum Gasteiger partial charge on any atom is 0.0728 e. The van der Waals surface area contributed by atoms with Crippen LogP contribution < -0.4 is 0 Å². The van der Waals surface area contributed by atoms with E-state index in [-0.39, 0.29) is 5.41 Å². The lowest BCUT2D eigenvalue weighted by molar-refractivity contribution is 0.784. The topological polar surface area (TPSA) is 0 Å². The van der Waals surface area contributed by atoms with Crippen LogP contribution in [0.2, 0.25) is 0 Å². The first kappa shape index (κ1) is 22.5. The minimum atomic E-state index is -0.336. The molecule has 0 aliphatic heterocycles. The molecule has 0 amide bonds. The highest BCUT2D eigenvalue weighted by molar-refractivity contribution is 6.14. The lowest BCUT2D eigenvalue weighted by atomic mass is 9.68. The second kappa shape index (κ2) is 7.96. The first-order chi connectivity index (χ1) is 20.9. The summed E-state index contributed by atoms with van der Waals surface area (Å²) in [5.41, 5.74) is 19.2. The Morgan fingerprint density at radius 2 is 0.952 bits per heavy atom. The molecule has 0 nitrogen and oxygen atoms in total. The van der Waals surface area contributed by atoms with Crippen LogP contribution in [0.15, 0.2) is 146 Å². The molecule has 0 radical (unpaired) electrons. The summed E-state index contributed by atoms with van der Waals surface area (Å²) in [6, 6.07) is 54.6. The fraction of sp³-hybridized carbons (Fsp3) is 0.0476. The molecule has 0 atom stereocenters. The van der Waals surface area contributed by atoms with Gasteiger partial charge in [0.15, 0.2) is 0 Å². The molecule has 0 heterocycles. The van der Waals surface area contributed by atoms with Crippen LogP contribution in [0.1, 0.15) is 33.4 Å². The summed E-state index contributed by atoms with van der Waals surface area (Å²) in [6.07, 6.45) is 0.951. The van der Waals surface area contributed by atoms with Crippen molar-refractivity contribution in [2.45, 2.75) is 11.8 Å². The van der Waals surface area contributed by atoms with Crippen molar-refractivity contribution in [1.82, 2.24) is 0 Å². The fourth-order valence-corrected chi connectivity index (χ4v) is 8.59. The molecular formula is C42H26. The standard InChI is InChI=1S/C42H26/c1-2-12-26(13-3-1)27-22-23-28-25-35-39(34(28)24-27)31-16-4-5-17-32(31)40-33-18-8-11-21-38(33)42(41(35)40)36-19-9-6-14-29(36)30-15-7-10-20-37(30)42/h1-24H,25H2. The third-order valence-electron chi connectivity index (χ3n) is 10.1. The van der Waals surface area contributed by atoms with Gasteiger partial charge >= 0.3 is 0 Å². The molecule has 3 aliphatic carbocycles. The minimum absolute atomic E-state index is 0.336. The molecule has 1 spiro atoms. The van der Waals surface area contributed by atoms with Gasteiger partial charge in [0, 0.05) is 0 Å². The molecule has 0 bridgehead atoms. The predicted octanol–water partition coefficient (Wildman–Crippen LogP) is 10.4. The molecule has 3 aliphatic rings. The first-order valence-corrected chi connectivity index (χ1v) is 14.9. The zero-order valence-corrected chi connectivity index (χ0v) is 23.1. The van der Waals surface area contributed by atoms with Crippen LogP contribution in [-0.4, -0.2) is 0 Å². The maximum absolute atomic E-state index is 2.45. The molecule has 0 heteroatoms. The van der Waals surface area contributed by atoms with E-state index in [0.717, 1.165) is 6.42 Å². The van der Waals surface area contributed by atoms with E-state index in [0.29, 0.717) is 0 Å². The van der Waals surface area contributed by atoms with Gasteiger partial charge in [0.05, 0.1) is 5.41 Å². The summed E-state index contributed by atoms with van der Waals surface area (Å²) in [6.45, 7) is 0. The largest absolute Gasteiger partial charge is 0.0728 e. The molecule has 7 aromatic carbocycles. The van der Waals surface area contributed by atoms with Crippen molar-refractivity contribution in [3.63, 3.8) is 0 Å². The van der Waals surface area contributed by atoms with Gasteiger partial charge in [-0.15, -0.1) is 0 Å². The highest BCUT2D eigenvalue weighted by Crippen LogP contribution is 2.66. The van der Waals surface area contributed by atoms with E-state index in [9.17, 15) is 0 Å². The smallest absolute Gasteiger partial charge is 0.0622 e. The van der Waals surface area contributed by atoms with Gasteiger partial charge in [0.2, 0.25) is 0 Å². The van der Waals surface area contributed by atoms with E-state index < -0.39 is 0 Å². The quantitative estimate of drug-likeness (QED) is 0.198. The number of benzene rings is 7. The van der Waals surface area contributed by atoms with Crippen LogP contribution in [0, 0.1) is 0 Å². The Labute approximate surface area is 245 Å². The van der Waals surface area contributed by atoms with E-state index >= 15 is 0 Å². The summed E-state index contributed by atoms with van der Waals surface area (Å²) < 4.78 is 0. The van der Waals surface area contributed by atoms with Crippen molar-refractivity contribution >= 4 is 10.8 Å². The van der Waals surface area contributed by atoms with Gasteiger partial charge < -0.3 is 0 Å². The molecule has 42 heavy (non-hydrogen) atoms. The predicted molar refractivity (Wildman–Crippen MR) is 174 cm³/mol.